The first-order valence-corrected chi connectivity index (χ1v) is 8.08. The van der Waals surface area contributed by atoms with Gasteiger partial charge in [-0.05, 0) is 30.1 Å². The van der Waals surface area contributed by atoms with Crippen molar-refractivity contribution >= 4 is 11.5 Å². The summed E-state index contributed by atoms with van der Waals surface area (Å²) in [6, 6.07) is 2.99. The van der Waals surface area contributed by atoms with Crippen LogP contribution in [0.1, 0.15) is 50.4 Å². The fourth-order valence-electron chi connectivity index (χ4n) is 3.89. The number of ketones is 1. The Hall–Kier alpha value is -1.71. The Labute approximate surface area is 132 Å². The molecule has 0 aliphatic heterocycles. The highest BCUT2D eigenvalue weighted by molar-refractivity contribution is 6.02. The number of rotatable bonds is 5. The average molecular weight is 305 g/mol. The van der Waals surface area contributed by atoms with Crippen molar-refractivity contribution in [2.75, 3.05) is 12.8 Å². The largest absolute Gasteiger partial charge is 0.507 e. The van der Waals surface area contributed by atoms with E-state index in [1.807, 2.05) is 0 Å². The van der Waals surface area contributed by atoms with Crippen LogP contribution in [-0.2, 0) is 0 Å². The van der Waals surface area contributed by atoms with Crippen LogP contribution < -0.4 is 10.5 Å². The highest BCUT2D eigenvalue weighted by atomic mass is 16.5. The number of benzene rings is 1. The zero-order valence-corrected chi connectivity index (χ0v) is 13.9. The molecule has 0 aromatic heterocycles. The number of methoxy groups -OCH3 is 1. The van der Waals surface area contributed by atoms with Crippen LogP contribution in [0.3, 0.4) is 0 Å². The molecule has 1 aromatic rings. The Bertz CT molecular complexity index is 556. The Balaban J connectivity index is 2.20. The summed E-state index contributed by atoms with van der Waals surface area (Å²) in [6.45, 7) is 6.73. The Morgan fingerprint density at radius 2 is 1.95 bits per heavy atom. The third kappa shape index (κ3) is 3.06. The van der Waals surface area contributed by atoms with Crippen LogP contribution in [0.4, 0.5) is 5.69 Å². The number of hydrogen-bond acceptors (Lipinski definition) is 4. The fourth-order valence-corrected chi connectivity index (χ4v) is 3.89. The standard InChI is InChI=1S/C18H27NO3/c1-5-12-6-13(11(3)10(12)2)7-15(20)18-16(21)8-14(19)9-17(18)22-4/h8-13,21H,5-7,19H2,1-4H3/t10?,11?,12?,13-/m0/s1. The molecule has 22 heavy (non-hydrogen) atoms. The summed E-state index contributed by atoms with van der Waals surface area (Å²) in [5, 5.41) is 10.1. The molecular formula is C18H27NO3. The molecular weight excluding hydrogens is 278 g/mol. The molecule has 1 fully saturated rings. The molecule has 1 aliphatic carbocycles. The number of carbonyl (C=O) groups excluding carboxylic acids is 1. The number of aromatic hydroxyl groups is 1. The van der Waals surface area contributed by atoms with Crippen molar-refractivity contribution in [3.05, 3.63) is 17.7 Å². The minimum atomic E-state index is -0.0902. The van der Waals surface area contributed by atoms with E-state index in [2.05, 4.69) is 20.8 Å². The zero-order valence-electron chi connectivity index (χ0n) is 13.9. The maximum atomic E-state index is 12.7. The molecule has 0 spiro atoms. The van der Waals surface area contributed by atoms with E-state index in [1.54, 1.807) is 6.07 Å². The number of nitrogen functional groups attached to an aromatic ring is 1. The summed E-state index contributed by atoms with van der Waals surface area (Å²) < 4.78 is 5.22. The van der Waals surface area contributed by atoms with Crippen molar-refractivity contribution in [2.24, 2.45) is 23.7 Å². The lowest BCUT2D eigenvalue weighted by Crippen LogP contribution is -2.15. The molecule has 4 atom stereocenters. The van der Waals surface area contributed by atoms with Crippen LogP contribution in [-0.4, -0.2) is 18.0 Å². The molecule has 4 nitrogen and oxygen atoms in total. The van der Waals surface area contributed by atoms with Crippen LogP contribution in [0.5, 0.6) is 11.5 Å². The molecule has 2 rings (SSSR count). The van der Waals surface area contributed by atoms with Crippen LogP contribution in [0, 0.1) is 23.7 Å². The number of phenolic OH excluding ortho intramolecular Hbond substituents is 1. The van der Waals surface area contributed by atoms with Crippen molar-refractivity contribution in [1.29, 1.82) is 0 Å². The molecule has 0 radical (unpaired) electrons. The van der Waals surface area contributed by atoms with Crippen LogP contribution in [0.15, 0.2) is 12.1 Å². The SMILES string of the molecule is CCC1C[C@@H](CC(=O)c2c(O)cc(N)cc2OC)C(C)C1C. The number of carbonyl (C=O) groups is 1. The third-order valence-electron chi connectivity index (χ3n) is 5.50. The lowest BCUT2D eigenvalue weighted by atomic mass is 9.86. The van der Waals surface area contributed by atoms with E-state index in [1.165, 1.54) is 13.2 Å². The molecule has 1 aromatic carbocycles. The molecule has 1 saturated carbocycles. The molecule has 0 amide bonds. The van der Waals surface area contributed by atoms with Gasteiger partial charge in [0.1, 0.15) is 17.1 Å². The number of Topliss-reactive ketones (excluding diaryl/α,β-unsaturated/α-hetero) is 1. The first kappa shape index (κ1) is 16.7. The van der Waals surface area contributed by atoms with Gasteiger partial charge in [0.05, 0.1) is 7.11 Å². The van der Waals surface area contributed by atoms with Crippen molar-refractivity contribution in [3.63, 3.8) is 0 Å². The summed E-state index contributed by atoms with van der Waals surface area (Å²) in [4.78, 5) is 12.7. The number of phenols is 1. The van der Waals surface area contributed by atoms with Crippen molar-refractivity contribution < 1.29 is 14.6 Å². The van der Waals surface area contributed by atoms with Gasteiger partial charge in [0.15, 0.2) is 5.78 Å². The second-order valence-corrected chi connectivity index (χ2v) is 6.63. The summed E-state index contributed by atoms with van der Waals surface area (Å²) in [7, 11) is 1.48. The van der Waals surface area contributed by atoms with Gasteiger partial charge in [-0.2, -0.15) is 0 Å². The maximum absolute atomic E-state index is 12.7. The number of anilines is 1. The second-order valence-electron chi connectivity index (χ2n) is 6.63. The summed E-state index contributed by atoms with van der Waals surface area (Å²) in [5.74, 6) is 2.43. The third-order valence-corrected chi connectivity index (χ3v) is 5.50. The van der Waals surface area contributed by atoms with Crippen molar-refractivity contribution in [1.82, 2.24) is 0 Å². The van der Waals surface area contributed by atoms with E-state index < -0.39 is 0 Å². The second kappa shape index (κ2) is 6.59. The van der Waals surface area contributed by atoms with E-state index in [4.69, 9.17) is 10.5 Å². The molecule has 3 N–H and O–H groups in total. The first-order valence-electron chi connectivity index (χ1n) is 8.08. The Morgan fingerprint density at radius 3 is 2.50 bits per heavy atom. The Morgan fingerprint density at radius 1 is 1.32 bits per heavy atom. The van der Waals surface area contributed by atoms with E-state index in [0.717, 1.165) is 12.8 Å². The number of hydrogen-bond donors (Lipinski definition) is 2. The molecule has 0 saturated heterocycles. The van der Waals surface area contributed by atoms with Crippen LogP contribution >= 0.6 is 0 Å². The topological polar surface area (TPSA) is 72.5 Å². The molecule has 3 unspecified atom stereocenters. The Kier molecular flexibility index (Phi) is 4.99. The minimum Gasteiger partial charge on any atom is -0.507 e. The van der Waals surface area contributed by atoms with E-state index in [0.29, 0.717) is 41.5 Å². The predicted molar refractivity (Wildman–Crippen MR) is 88.2 cm³/mol. The van der Waals surface area contributed by atoms with Gasteiger partial charge >= 0.3 is 0 Å². The highest BCUT2D eigenvalue weighted by Crippen LogP contribution is 2.45. The zero-order chi connectivity index (χ0) is 16.4. The number of nitrogens with two attached hydrogens (primary N) is 1. The number of ether oxygens (including phenoxy) is 1. The van der Waals surface area contributed by atoms with Crippen LogP contribution in [0.25, 0.3) is 0 Å². The van der Waals surface area contributed by atoms with Crippen LogP contribution in [0.2, 0.25) is 0 Å². The van der Waals surface area contributed by atoms with Gasteiger partial charge in [-0.1, -0.05) is 27.2 Å². The van der Waals surface area contributed by atoms with Crippen molar-refractivity contribution in [3.8, 4) is 11.5 Å². The quantitative estimate of drug-likeness (QED) is 0.639. The molecule has 4 heteroatoms. The van der Waals surface area contributed by atoms with E-state index in [9.17, 15) is 9.90 Å². The summed E-state index contributed by atoms with van der Waals surface area (Å²) in [6.07, 6.45) is 2.70. The maximum Gasteiger partial charge on any atom is 0.170 e. The van der Waals surface area contributed by atoms with Gasteiger partial charge in [-0.3, -0.25) is 4.79 Å². The summed E-state index contributed by atoms with van der Waals surface area (Å²) >= 11 is 0. The fraction of sp³-hybridized carbons (Fsp3) is 0.611. The van der Waals surface area contributed by atoms with Gasteiger partial charge in [0.2, 0.25) is 0 Å². The van der Waals surface area contributed by atoms with E-state index in [-0.39, 0.29) is 17.1 Å². The van der Waals surface area contributed by atoms with Gasteiger partial charge in [0.25, 0.3) is 0 Å². The van der Waals surface area contributed by atoms with E-state index >= 15 is 0 Å². The highest BCUT2D eigenvalue weighted by Gasteiger charge is 2.38. The average Bonchev–Trinajstić information content (AvgIpc) is 2.73. The first-order chi connectivity index (χ1) is 10.4. The molecule has 122 valence electrons. The lowest BCUT2D eigenvalue weighted by Gasteiger charge is -2.19. The molecule has 0 heterocycles. The van der Waals surface area contributed by atoms with Gasteiger partial charge in [-0.25, -0.2) is 0 Å². The normalized spacial score (nSPS) is 27.8. The minimum absolute atomic E-state index is 0.0600. The van der Waals surface area contributed by atoms with Crippen molar-refractivity contribution in [2.45, 2.75) is 40.0 Å². The van der Waals surface area contributed by atoms with Gasteiger partial charge in [0, 0.05) is 24.2 Å². The smallest absolute Gasteiger partial charge is 0.170 e. The predicted octanol–water partition coefficient (Wildman–Crippen LogP) is 3.87. The monoisotopic (exact) mass is 305 g/mol. The molecule has 0 bridgehead atoms. The molecule has 1 aliphatic rings. The lowest BCUT2D eigenvalue weighted by molar-refractivity contribution is 0.0944. The summed E-state index contributed by atoms with van der Waals surface area (Å²) in [5.41, 5.74) is 6.34. The van der Waals surface area contributed by atoms with Gasteiger partial charge in [-0.15, -0.1) is 0 Å². The van der Waals surface area contributed by atoms with Gasteiger partial charge < -0.3 is 15.6 Å².